The van der Waals surface area contributed by atoms with Gasteiger partial charge in [-0.1, -0.05) is 53.5 Å². The first-order chi connectivity index (χ1) is 18.8. The summed E-state index contributed by atoms with van der Waals surface area (Å²) in [5, 5.41) is 1.30. The number of nitrogens with zero attached hydrogens (tertiary/aromatic N) is 2. The smallest absolute Gasteiger partial charge is 0.327 e. The van der Waals surface area contributed by atoms with E-state index in [4.69, 9.17) is 27.9 Å². The van der Waals surface area contributed by atoms with E-state index in [-0.39, 0.29) is 32.8 Å². The van der Waals surface area contributed by atoms with Crippen molar-refractivity contribution in [2.24, 2.45) is 0 Å². The minimum atomic E-state index is -4.35. The number of halogens is 2. The number of ether oxygens (including phenoxy) is 1. The monoisotopic (exact) mass is 598 g/mol. The fourth-order valence-electron chi connectivity index (χ4n) is 4.29. The number of benzene rings is 3. The Kier molecular flexibility index (Phi) is 8.83. The molecule has 3 aromatic carbocycles. The van der Waals surface area contributed by atoms with Crippen LogP contribution in [0.5, 0.6) is 0 Å². The Morgan fingerprint density at radius 3 is 2.17 bits per heavy atom. The summed E-state index contributed by atoms with van der Waals surface area (Å²) in [6.45, 7) is 4.48. The van der Waals surface area contributed by atoms with E-state index >= 15 is 0 Å². The van der Waals surface area contributed by atoms with Gasteiger partial charge >= 0.3 is 5.97 Å². The average molecular weight is 600 g/mol. The zero-order valence-corrected chi connectivity index (χ0v) is 24.6. The molecule has 1 heterocycles. The topological polar surface area (TPSA) is 93.6 Å². The van der Waals surface area contributed by atoms with Gasteiger partial charge in [0.1, 0.15) is 12.1 Å². The molecule has 10 heteroatoms. The Balaban J connectivity index is 1.80. The number of sulfonamides is 1. The summed E-state index contributed by atoms with van der Waals surface area (Å²) in [6.07, 6.45) is 4.15. The second-order valence-electron chi connectivity index (χ2n) is 10.2. The van der Waals surface area contributed by atoms with Gasteiger partial charge in [-0.2, -0.15) is 0 Å². The lowest BCUT2D eigenvalue weighted by Gasteiger charge is -2.27. The van der Waals surface area contributed by atoms with Crippen molar-refractivity contribution in [2.45, 2.75) is 44.1 Å². The van der Waals surface area contributed by atoms with Gasteiger partial charge in [-0.25, -0.2) is 8.42 Å². The first-order valence-electron chi connectivity index (χ1n) is 12.5. The van der Waals surface area contributed by atoms with Crippen LogP contribution in [0.25, 0.3) is 10.8 Å². The summed E-state index contributed by atoms with van der Waals surface area (Å²) in [6, 6.07) is 17.8. The van der Waals surface area contributed by atoms with Crippen molar-refractivity contribution in [1.82, 2.24) is 4.98 Å². The second kappa shape index (κ2) is 12.0. The summed E-state index contributed by atoms with van der Waals surface area (Å²) < 4.78 is 34.4. The number of Topliss-reactive ketones (excluding diaryl/α,β-unsaturated/α-hetero) is 1. The average Bonchev–Trinajstić information content (AvgIpc) is 2.89. The number of ketones is 1. The number of hydrogen-bond donors (Lipinski definition) is 0. The molecule has 0 radical (unpaired) electrons. The highest BCUT2D eigenvalue weighted by Gasteiger charge is 2.31. The number of pyridine rings is 1. The van der Waals surface area contributed by atoms with Gasteiger partial charge in [-0.15, -0.1) is 0 Å². The van der Waals surface area contributed by atoms with Crippen LogP contribution < -0.4 is 4.31 Å². The number of fused-ring (bicyclic) bond motifs is 1. The maximum Gasteiger partial charge on any atom is 0.327 e. The number of anilines is 1. The van der Waals surface area contributed by atoms with E-state index in [0.29, 0.717) is 22.8 Å². The molecule has 7 nitrogen and oxygen atoms in total. The molecule has 0 fully saturated rings. The van der Waals surface area contributed by atoms with Crippen molar-refractivity contribution in [2.75, 3.05) is 10.8 Å². The molecule has 0 atom stereocenters. The number of aromatic nitrogens is 1. The van der Waals surface area contributed by atoms with Gasteiger partial charge in [0.05, 0.1) is 10.6 Å². The predicted octanol–water partition coefficient (Wildman–Crippen LogP) is 6.89. The molecule has 0 aliphatic carbocycles. The Morgan fingerprint density at radius 2 is 1.52 bits per heavy atom. The van der Waals surface area contributed by atoms with Crippen LogP contribution in [0.15, 0.2) is 84.0 Å². The molecule has 0 saturated carbocycles. The normalized spacial score (nSPS) is 11.8. The molecule has 1 aromatic heterocycles. The molecule has 208 valence electrons. The first-order valence-corrected chi connectivity index (χ1v) is 14.7. The molecule has 0 aliphatic rings. The van der Waals surface area contributed by atoms with E-state index in [1.807, 2.05) is 12.1 Å². The summed E-state index contributed by atoms with van der Waals surface area (Å²) in [7, 11) is -4.35. The molecule has 0 aliphatic heterocycles. The fraction of sp³-hybridized carbons (Fsp3) is 0.233. The minimum absolute atomic E-state index is 0.0947. The van der Waals surface area contributed by atoms with E-state index < -0.39 is 28.1 Å². The van der Waals surface area contributed by atoms with Crippen LogP contribution in [0, 0.1) is 0 Å². The molecule has 0 bridgehead atoms. The Morgan fingerprint density at radius 1 is 0.900 bits per heavy atom. The van der Waals surface area contributed by atoms with Crippen molar-refractivity contribution in [1.29, 1.82) is 0 Å². The van der Waals surface area contributed by atoms with E-state index in [1.165, 1.54) is 18.2 Å². The number of hydrogen-bond acceptors (Lipinski definition) is 6. The molecule has 0 amide bonds. The van der Waals surface area contributed by atoms with Gasteiger partial charge < -0.3 is 4.74 Å². The Labute approximate surface area is 243 Å². The minimum Gasteiger partial charge on any atom is -0.459 e. The molecule has 4 aromatic rings. The van der Waals surface area contributed by atoms with E-state index in [0.717, 1.165) is 9.87 Å². The van der Waals surface area contributed by atoms with Crippen LogP contribution in [-0.2, 0) is 26.0 Å². The van der Waals surface area contributed by atoms with Crippen molar-refractivity contribution in [3.63, 3.8) is 0 Å². The lowest BCUT2D eigenvalue weighted by atomic mass is 9.97. The first kappa shape index (κ1) is 29.5. The van der Waals surface area contributed by atoms with Crippen molar-refractivity contribution in [3.05, 3.63) is 100 Å². The lowest BCUT2D eigenvalue weighted by Crippen LogP contribution is -2.39. The second-order valence-corrected chi connectivity index (χ2v) is 12.9. The van der Waals surface area contributed by atoms with Crippen molar-refractivity contribution < 1.29 is 22.7 Å². The SMILES string of the molecule is CC(C)(C)OC(=O)CN(c1cccc2c(C(=O)CCc3ccncc3)cccc12)S(=O)(=O)c1cc(Cl)cc(Cl)c1. The van der Waals surface area contributed by atoms with Gasteiger partial charge in [0.25, 0.3) is 10.0 Å². The lowest BCUT2D eigenvalue weighted by molar-refractivity contribution is -0.152. The number of esters is 1. The van der Waals surface area contributed by atoms with Crippen LogP contribution in [0.2, 0.25) is 10.0 Å². The van der Waals surface area contributed by atoms with Crippen LogP contribution in [0.4, 0.5) is 5.69 Å². The van der Waals surface area contributed by atoms with E-state index in [9.17, 15) is 18.0 Å². The molecule has 4 rings (SSSR count). The molecular formula is C30H28Cl2N2O5S. The predicted molar refractivity (Wildman–Crippen MR) is 158 cm³/mol. The number of carbonyl (C=O) groups is 2. The number of rotatable bonds is 9. The van der Waals surface area contributed by atoms with Crippen LogP contribution in [0.1, 0.15) is 43.1 Å². The summed E-state index contributed by atoms with van der Waals surface area (Å²) in [5.74, 6) is -0.839. The van der Waals surface area contributed by atoms with Crippen LogP contribution in [0.3, 0.4) is 0 Å². The van der Waals surface area contributed by atoms with Gasteiger partial charge in [-0.05, 0) is 74.5 Å². The third-order valence-corrected chi connectivity index (χ3v) is 8.15. The third kappa shape index (κ3) is 6.99. The van der Waals surface area contributed by atoms with Crippen LogP contribution >= 0.6 is 23.2 Å². The van der Waals surface area contributed by atoms with E-state index in [1.54, 1.807) is 69.6 Å². The highest BCUT2D eigenvalue weighted by atomic mass is 35.5. The zero-order valence-electron chi connectivity index (χ0n) is 22.2. The van der Waals surface area contributed by atoms with Gasteiger partial charge in [-0.3, -0.25) is 18.9 Å². The van der Waals surface area contributed by atoms with Crippen molar-refractivity contribution >= 4 is 61.4 Å². The molecular weight excluding hydrogens is 571 g/mol. The summed E-state index contributed by atoms with van der Waals surface area (Å²) in [5.41, 5.74) is 0.815. The van der Waals surface area contributed by atoms with Gasteiger partial charge in [0.2, 0.25) is 0 Å². The van der Waals surface area contributed by atoms with E-state index in [2.05, 4.69) is 4.98 Å². The fourth-order valence-corrected chi connectivity index (χ4v) is 6.45. The van der Waals surface area contributed by atoms with Crippen molar-refractivity contribution in [3.8, 4) is 0 Å². The van der Waals surface area contributed by atoms with Gasteiger partial charge in [0, 0.05) is 39.8 Å². The molecule has 0 spiro atoms. The molecule has 0 N–H and O–H groups in total. The maximum atomic E-state index is 14.0. The quantitative estimate of drug-likeness (QED) is 0.154. The zero-order chi connectivity index (χ0) is 29.1. The number of carbonyl (C=O) groups excluding carboxylic acids is 2. The Bertz CT molecular complexity index is 1650. The number of aryl methyl sites for hydroxylation is 1. The highest BCUT2D eigenvalue weighted by Crippen LogP contribution is 2.34. The highest BCUT2D eigenvalue weighted by molar-refractivity contribution is 7.93. The van der Waals surface area contributed by atoms with Gasteiger partial charge in [0.15, 0.2) is 5.78 Å². The molecule has 0 unspecified atom stereocenters. The molecule has 40 heavy (non-hydrogen) atoms. The maximum absolute atomic E-state index is 14.0. The third-order valence-electron chi connectivity index (χ3n) is 5.98. The summed E-state index contributed by atoms with van der Waals surface area (Å²) in [4.78, 5) is 30.1. The molecule has 0 saturated heterocycles. The largest absolute Gasteiger partial charge is 0.459 e. The van der Waals surface area contributed by atoms with Crippen LogP contribution in [-0.4, -0.2) is 37.3 Å². The standard InChI is InChI=1S/C30H28Cl2N2O5S/c1-30(2,3)39-29(36)19-34(40(37,38)23-17-21(31)16-22(32)18-23)27-9-5-6-24-25(27)7-4-8-26(24)28(35)11-10-20-12-14-33-15-13-20/h4-9,12-18H,10-11,19H2,1-3H3. The summed E-state index contributed by atoms with van der Waals surface area (Å²) >= 11 is 12.2. The Hall–Kier alpha value is -3.46.